The van der Waals surface area contributed by atoms with Gasteiger partial charge in [0.1, 0.15) is 5.75 Å². The van der Waals surface area contributed by atoms with E-state index in [1.165, 1.54) is 18.5 Å². The zero-order chi connectivity index (χ0) is 14.6. The van der Waals surface area contributed by atoms with E-state index < -0.39 is 11.4 Å². The Kier molecular flexibility index (Phi) is 4.00. The van der Waals surface area contributed by atoms with Gasteiger partial charge in [0.25, 0.3) is 5.91 Å². The third-order valence-electron chi connectivity index (χ3n) is 3.10. The second-order valence-corrected chi connectivity index (χ2v) is 4.74. The SMILES string of the molecule is CC(CO)(NC(=O)c1cncc(O)c1)c1ccccc1. The molecule has 3 N–H and O–H groups in total. The van der Waals surface area contributed by atoms with Crippen molar-refractivity contribution in [1.29, 1.82) is 0 Å². The van der Waals surface area contributed by atoms with Crippen molar-refractivity contribution in [3.05, 3.63) is 59.9 Å². The number of carbonyl (C=O) groups excluding carboxylic acids is 1. The van der Waals surface area contributed by atoms with Crippen LogP contribution in [-0.2, 0) is 5.54 Å². The fourth-order valence-electron chi connectivity index (χ4n) is 1.88. The first kappa shape index (κ1) is 14.0. The van der Waals surface area contributed by atoms with Crippen LogP contribution in [0.25, 0.3) is 0 Å². The van der Waals surface area contributed by atoms with Crippen LogP contribution >= 0.6 is 0 Å². The molecule has 5 heteroatoms. The van der Waals surface area contributed by atoms with Crippen LogP contribution in [0.2, 0.25) is 0 Å². The predicted molar refractivity (Wildman–Crippen MR) is 74.2 cm³/mol. The van der Waals surface area contributed by atoms with E-state index >= 15 is 0 Å². The van der Waals surface area contributed by atoms with Gasteiger partial charge in [0.05, 0.1) is 23.9 Å². The van der Waals surface area contributed by atoms with E-state index in [0.717, 1.165) is 5.56 Å². The first-order valence-corrected chi connectivity index (χ1v) is 6.18. The average Bonchev–Trinajstić information content (AvgIpc) is 2.48. The number of nitrogens with zero attached hydrogens (tertiary/aromatic N) is 1. The minimum absolute atomic E-state index is 0.0805. The molecule has 104 valence electrons. The van der Waals surface area contributed by atoms with E-state index in [1.54, 1.807) is 6.92 Å². The molecule has 2 aromatic rings. The highest BCUT2D eigenvalue weighted by atomic mass is 16.3. The van der Waals surface area contributed by atoms with Gasteiger partial charge < -0.3 is 15.5 Å². The zero-order valence-electron chi connectivity index (χ0n) is 11.1. The molecular weight excluding hydrogens is 256 g/mol. The minimum atomic E-state index is -0.899. The summed E-state index contributed by atoms with van der Waals surface area (Å²) < 4.78 is 0. The molecule has 1 aromatic heterocycles. The summed E-state index contributed by atoms with van der Waals surface area (Å²) in [4.78, 5) is 15.9. The number of hydrogen-bond donors (Lipinski definition) is 3. The van der Waals surface area contributed by atoms with Crippen LogP contribution in [0.15, 0.2) is 48.8 Å². The second kappa shape index (κ2) is 5.71. The van der Waals surface area contributed by atoms with E-state index in [2.05, 4.69) is 10.3 Å². The summed E-state index contributed by atoms with van der Waals surface area (Å²) in [5.74, 6) is -0.489. The van der Waals surface area contributed by atoms with Crippen LogP contribution in [0, 0.1) is 0 Å². The zero-order valence-corrected chi connectivity index (χ0v) is 11.1. The van der Waals surface area contributed by atoms with Gasteiger partial charge in [-0.3, -0.25) is 9.78 Å². The normalized spacial score (nSPS) is 13.5. The van der Waals surface area contributed by atoms with Crippen molar-refractivity contribution < 1.29 is 15.0 Å². The number of nitrogens with one attached hydrogen (secondary N) is 1. The van der Waals surface area contributed by atoms with E-state index in [1.807, 2.05) is 30.3 Å². The molecule has 0 saturated carbocycles. The molecule has 1 heterocycles. The van der Waals surface area contributed by atoms with Gasteiger partial charge in [-0.15, -0.1) is 0 Å². The lowest BCUT2D eigenvalue weighted by molar-refractivity contribution is 0.0849. The van der Waals surface area contributed by atoms with E-state index in [0.29, 0.717) is 0 Å². The van der Waals surface area contributed by atoms with Gasteiger partial charge in [0.2, 0.25) is 0 Å². The number of aromatic hydroxyl groups is 1. The Bertz CT molecular complexity index is 601. The van der Waals surface area contributed by atoms with Crippen LogP contribution in [0.5, 0.6) is 5.75 Å². The Hall–Kier alpha value is -2.40. The molecule has 0 aliphatic rings. The molecule has 0 fully saturated rings. The molecule has 0 bridgehead atoms. The summed E-state index contributed by atoms with van der Waals surface area (Å²) in [6.45, 7) is 1.49. The predicted octanol–water partition coefficient (Wildman–Crippen LogP) is 1.42. The Morgan fingerprint density at radius 1 is 1.30 bits per heavy atom. The molecule has 0 aliphatic heterocycles. The third-order valence-corrected chi connectivity index (χ3v) is 3.10. The molecule has 0 aliphatic carbocycles. The Labute approximate surface area is 116 Å². The molecule has 1 aromatic carbocycles. The molecule has 1 amide bonds. The van der Waals surface area contributed by atoms with Crippen molar-refractivity contribution in [2.75, 3.05) is 6.61 Å². The molecule has 0 saturated heterocycles. The molecule has 5 nitrogen and oxygen atoms in total. The van der Waals surface area contributed by atoms with Crippen molar-refractivity contribution in [2.45, 2.75) is 12.5 Å². The van der Waals surface area contributed by atoms with Crippen LogP contribution in [0.1, 0.15) is 22.8 Å². The third kappa shape index (κ3) is 2.95. The van der Waals surface area contributed by atoms with Gasteiger partial charge in [0, 0.05) is 6.20 Å². The quantitative estimate of drug-likeness (QED) is 0.786. The maximum absolute atomic E-state index is 12.2. The van der Waals surface area contributed by atoms with Gasteiger partial charge in [-0.25, -0.2) is 0 Å². The summed E-state index contributed by atoms with van der Waals surface area (Å²) in [7, 11) is 0. The first-order valence-electron chi connectivity index (χ1n) is 6.18. The number of rotatable bonds is 4. The Morgan fingerprint density at radius 2 is 2.00 bits per heavy atom. The monoisotopic (exact) mass is 272 g/mol. The maximum Gasteiger partial charge on any atom is 0.253 e. The lowest BCUT2D eigenvalue weighted by Crippen LogP contribution is -2.46. The number of carbonyl (C=O) groups is 1. The maximum atomic E-state index is 12.2. The highest BCUT2D eigenvalue weighted by Gasteiger charge is 2.28. The fourth-order valence-corrected chi connectivity index (χ4v) is 1.88. The van der Waals surface area contributed by atoms with E-state index in [4.69, 9.17) is 0 Å². The molecular formula is C15H16N2O3. The smallest absolute Gasteiger partial charge is 0.253 e. The Balaban J connectivity index is 2.24. The van der Waals surface area contributed by atoms with Gasteiger partial charge in [0.15, 0.2) is 0 Å². The number of pyridine rings is 1. The van der Waals surface area contributed by atoms with E-state index in [-0.39, 0.29) is 17.9 Å². The highest BCUT2D eigenvalue weighted by molar-refractivity contribution is 5.94. The van der Waals surface area contributed by atoms with Crippen molar-refractivity contribution >= 4 is 5.91 Å². The number of benzene rings is 1. The van der Waals surface area contributed by atoms with Crippen LogP contribution in [0.4, 0.5) is 0 Å². The molecule has 2 rings (SSSR count). The average molecular weight is 272 g/mol. The van der Waals surface area contributed by atoms with Crippen LogP contribution in [-0.4, -0.2) is 27.7 Å². The number of aliphatic hydroxyl groups is 1. The fraction of sp³-hybridized carbons (Fsp3) is 0.200. The van der Waals surface area contributed by atoms with Gasteiger partial charge in [-0.1, -0.05) is 30.3 Å². The van der Waals surface area contributed by atoms with Crippen LogP contribution < -0.4 is 5.32 Å². The number of hydrogen-bond acceptors (Lipinski definition) is 4. The molecule has 0 spiro atoms. The van der Waals surface area contributed by atoms with Gasteiger partial charge in [-0.05, 0) is 18.6 Å². The minimum Gasteiger partial charge on any atom is -0.506 e. The van der Waals surface area contributed by atoms with Crippen molar-refractivity contribution in [3.8, 4) is 5.75 Å². The summed E-state index contributed by atoms with van der Waals surface area (Å²) >= 11 is 0. The van der Waals surface area contributed by atoms with Gasteiger partial charge >= 0.3 is 0 Å². The van der Waals surface area contributed by atoms with E-state index in [9.17, 15) is 15.0 Å². The molecule has 20 heavy (non-hydrogen) atoms. The second-order valence-electron chi connectivity index (χ2n) is 4.74. The van der Waals surface area contributed by atoms with Crippen molar-refractivity contribution in [3.63, 3.8) is 0 Å². The summed E-state index contributed by atoms with van der Waals surface area (Å²) in [5, 5.41) is 21.7. The van der Waals surface area contributed by atoms with Crippen LogP contribution in [0.3, 0.4) is 0 Å². The topological polar surface area (TPSA) is 82.5 Å². The largest absolute Gasteiger partial charge is 0.506 e. The molecule has 1 atom stereocenters. The first-order chi connectivity index (χ1) is 9.55. The lowest BCUT2D eigenvalue weighted by Gasteiger charge is -2.29. The number of aromatic nitrogens is 1. The van der Waals surface area contributed by atoms with Crippen molar-refractivity contribution in [2.24, 2.45) is 0 Å². The van der Waals surface area contributed by atoms with Gasteiger partial charge in [-0.2, -0.15) is 0 Å². The molecule has 0 radical (unpaired) electrons. The summed E-state index contributed by atoms with van der Waals surface area (Å²) in [5.41, 5.74) is 0.133. The standard InChI is InChI=1S/C15H16N2O3/c1-15(10-18,12-5-3-2-4-6-12)17-14(20)11-7-13(19)9-16-8-11/h2-9,18-19H,10H2,1H3,(H,17,20). The molecule has 1 unspecified atom stereocenters. The summed E-state index contributed by atoms with van der Waals surface area (Å²) in [6.07, 6.45) is 2.61. The number of aliphatic hydroxyl groups excluding tert-OH is 1. The number of amides is 1. The highest BCUT2D eigenvalue weighted by Crippen LogP contribution is 2.21. The summed E-state index contributed by atoms with van der Waals surface area (Å²) in [6, 6.07) is 10.5. The van der Waals surface area contributed by atoms with Crippen molar-refractivity contribution in [1.82, 2.24) is 10.3 Å². The Morgan fingerprint density at radius 3 is 2.60 bits per heavy atom. The lowest BCUT2D eigenvalue weighted by atomic mass is 9.92.